The van der Waals surface area contributed by atoms with E-state index < -0.39 is 11.7 Å². The second-order valence-corrected chi connectivity index (χ2v) is 6.67. The van der Waals surface area contributed by atoms with Gasteiger partial charge in [-0.05, 0) is 49.7 Å². The van der Waals surface area contributed by atoms with Gasteiger partial charge >= 0.3 is 6.18 Å². The van der Waals surface area contributed by atoms with Crippen LogP contribution < -0.4 is 5.32 Å². The van der Waals surface area contributed by atoms with Crippen LogP contribution in [0.15, 0.2) is 30.0 Å². The monoisotopic (exact) mass is 350 g/mol. The van der Waals surface area contributed by atoms with Crippen molar-refractivity contribution in [2.75, 3.05) is 0 Å². The van der Waals surface area contributed by atoms with E-state index in [-0.39, 0.29) is 18.3 Å². The number of rotatable bonds is 5. The number of nitrogens with zero attached hydrogens (tertiary/aromatic N) is 3. The van der Waals surface area contributed by atoms with Crippen LogP contribution in [-0.4, -0.2) is 20.5 Å². The van der Waals surface area contributed by atoms with Crippen LogP contribution in [0.2, 0.25) is 0 Å². The summed E-state index contributed by atoms with van der Waals surface area (Å²) in [5.74, 6) is 1.13. The minimum absolute atomic E-state index is 0.0282. The number of aromatic nitrogens is 3. The van der Waals surface area contributed by atoms with Gasteiger partial charge in [0.15, 0.2) is 11.5 Å². The molecule has 0 bridgehead atoms. The van der Waals surface area contributed by atoms with Crippen molar-refractivity contribution >= 4 is 11.6 Å². The summed E-state index contributed by atoms with van der Waals surface area (Å²) in [5, 5.41) is 10.4. The second kappa shape index (κ2) is 5.86. The van der Waals surface area contributed by atoms with Crippen LogP contribution in [0.5, 0.6) is 0 Å². The van der Waals surface area contributed by atoms with Crippen LogP contribution in [0, 0.1) is 11.8 Å². The quantitative estimate of drug-likeness (QED) is 0.843. The molecule has 5 nitrogen and oxygen atoms in total. The van der Waals surface area contributed by atoms with E-state index in [4.69, 9.17) is 0 Å². The van der Waals surface area contributed by atoms with Crippen LogP contribution in [-0.2, 0) is 17.5 Å². The van der Waals surface area contributed by atoms with Crippen molar-refractivity contribution in [2.45, 2.75) is 38.4 Å². The van der Waals surface area contributed by atoms with Gasteiger partial charge in [-0.3, -0.25) is 9.20 Å². The predicted molar refractivity (Wildman–Crippen MR) is 83.4 cm³/mol. The molecule has 2 aliphatic rings. The lowest BCUT2D eigenvalue weighted by molar-refractivity contribution is -0.137. The third-order valence-corrected chi connectivity index (χ3v) is 4.62. The molecule has 2 saturated carbocycles. The first-order valence-electron chi connectivity index (χ1n) is 8.32. The van der Waals surface area contributed by atoms with Gasteiger partial charge in [0, 0.05) is 12.3 Å². The van der Waals surface area contributed by atoms with Gasteiger partial charge in [0.2, 0.25) is 5.91 Å². The molecule has 8 heteroatoms. The first kappa shape index (κ1) is 16.1. The maximum absolute atomic E-state index is 12.8. The van der Waals surface area contributed by atoms with Crippen molar-refractivity contribution < 1.29 is 18.0 Å². The topological polar surface area (TPSA) is 59.3 Å². The van der Waals surface area contributed by atoms with Gasteiger partial charge < -0.3 is 5.32 Å². The Morgan fingerprint density at radius 1 is 1.20 bits per heavy atom. The predicted octanol–water partition coefficient (Wildman–Crippen LogP) is 3.11. The molecule has 2 aromatic rings. The molecular formula is C17H17F3N4O. The van der Waals surface area contributed by atoms with Crippen molar-refractivity contribution in [1.82, 2.24) is 19.9 Å². The summed E-state index contributed by atoms with van der Waals surface area (Å²) in [5.41, 5.74) is 0.754. The summed E-state index contributed by atoms with van der Waals surface area (Å²) >= 11 is 0. The molecular weight excluding hydrogens is 333 g/mol. The average molecular weight is 350 g/mol. The molecule has 0 aromatic carbocycles. The minimum atomic E-state index is -4.44. The fourth-order valence-corrected chi connectivity index (χ4v) is 3.00. The Balaban J connectivity index is 1.49. The molecule has 0 aliphatic heterocycles. The highest BCUT2D eigenvalue weighted by atomic mass is 19.4. The molecule has 0 unspecified atom stereocenters. The summed E-state index contributed by atoms with van der Waals surface area (Å²) < 4.78 is 39.8. The van der Waals surface area contributed by atoms with Gasteiger partial charge in [-0.25, -0.2) is 0 Å². The summed E-state index contributed by atoms with van der Waals surface area (Å²) in [6.45, 7) is 0.0282. The van der Waals surface area contributed by atoms with Crippen LogP contribution in [0.1, 0.15) is 37.1 Å². The molecule has 2 fully saturated rings. The number of carbonyl (C=O) groups is 1. The Labute approximate surface area is 141 Å². The van der Waals surface area contributed by atoms with E-state index in [1.165, 1.54) is 16.0 Å². The van der Waals surface area contributed by atoms with E-state index in [9.17, 15) is 18.0 Å². The summed E-state index contributed by atoms with van der Waals surface area (Å²) in [6.07, 6.45) is 2.75. The molecule has 0 spiro atoms. The van der Waals surface area contributed by atoms with E-state index in [2.05, 4.69) is 15.5 Å². The Kier molecular flexibility index (Phi) is 3.77. The molecule has 25 heavy (non-hydrogen) atoms. The first-order chi connectivity index (χ1) is 11.9. The van der Waals surface area contributed by atoms with Gasteiger partial charge in [-0.2, -0.15) is 13.2 Å². The zero-order chi connectivity index (χ0) is 17.6. The van der Waals surface area contributed by atoms with E-state index in [1.807, 2.05) is 0 Å². The van der Waals surface area contributed by atoms with Crippen molar-refractivity contribution in [3.05, 3.63) is 41.4 Å². The van der Waals surface area contributed by atoms with E-state index >= 15 is 0 Å². The van der Waals surface area contributed by atoms with Crippen molar-refractivity contribution in [1.29, 1.82) is 0 Å². The fraction of sp³-hybridized carbons (Fsp3) is 0.471. The maximum Gasteiger partial charge on any atom is 0.417 e. The third kappa shape index (κ3) is 3.52. The number of carbonyl (C=O) groups excluding carboxylic acids is 1. The maximum atomic E-state index is 12.8. The molecule has 2 aliphatic carbocycles. The van der Waals surface area contributed by atoms with E-state index in [0.717, 1.165) is 37.9 Å². The van der Waals surface area contributed by atoms with Gasteiger partial charge in [0.25, 0.3) is 0 Å². The highest BCUT2D eigenvalue weighted by molar-refractivity contribution is 5.88. The van der Waals surface area contributed by atoms with Crippen molar-refractivity contribution in [2.24, 2.45) is 11.8 Å². The van der Waals surface area contributed by atoms with Gasteiger partial charge in [0.1, 0.15) is 0 Å². The van der Waals surface area contributed by atoms with Crippen LogP contribution >= 0.6 is 0 Å². The number of amides is 1. The lowest BCUT2D eigenvalue weighted by Gasteiger charge is -2.08. The lowest BCUT2D eigenvalue weighted by atomic mass is 10.1. The summed E-state index contributed by atoms with van der Waals surface area (Å²) in [4.78, 5) is 12.2. The number of fused-ring (bicyclic) bond motifs is 1. The molecule has 132 valence electrons. The first-order valence-corrected chi connectivity index (χ1v) is 8.32. The normalized spacial score (nSPS) is 17.6. The Bertz CT molecular complexity index is 833. The molecule has 1 amide bonds. The highest BCUT2D eigenvalue weighted by Crippen LogP contribution is 2.48. The Hall–Kier alpha value is -2.38. The molecule has 0 atom stereocenters. The number of hydrogen-bond acceptors (Lipinski definition) is 3. The number of hydrogen-bond donors (Lipinski definition) is 1. The molecule has 1 N–H and O–H groups in total. The van der Waals surface area contributed by atoms with Gasteiger partial charge in [0.05, 0.1) is 12.1 Å². The van der Waals surface area contributed by atoms with Crippen LogP contribution in [0.4, 0.5) is 13.2 Å². The second-order valence-electron chi connectivity index (χ2n) is 6.67. The average Bonchev–Trinajstić information content (AvgIpc) is 3.47. The molecule has 2 heterocycles. The molecule has 0 radical (unpaired) electrons. The zero-order valence-corrected chi connectivity index (χ0v) is 13.4. The molecule has 2 aromatic heterocycles. The van der Waals surface area contributed by atoms with E-state index in [1.54, 1.807) is 6.08 Å². The number of halogens is 3. The third-order valence-electron chi connectivity index (χ3n) is 4.62. The summed E-state index contributed by atoms with van der Waals surface area (Å²) in [7, 11) is 0. The van der Waals surface area contributed by atoms with Crippen molar-refractivity contribution in [3.8, 4) is 0 Å². The largest absolute Gasteiger partial charge is 0.417 e. The minimum Gasteiger partial charge on any atom is -0.345 e. The smallest absolute Gasteiger partial charge is 0.345 e. The highest BCUT2D eigenvalue weighted by Gasteiger charge is 2.36. The zero-order valence-electron chi connectivity index (χ0n) is 13.4. The van der Waals surface area contributed by atoms with Crippen LogP contribution in [0.25, 0.3) is 5.65 Å². The van der Waals surface area contributed by atoms with Crippen molar-refractivity contribution in [3.63, 3.8) is 0 Å². The Morgan fingerprint density at radius 2 is 1.88 bits per heavy atom. The number of nitrogens with one attached hydrogen (secondary N) is 1. The van der Waals surface area contributed by atoms with Gasteiger partial charge in [-0.1, -0.05) is 5.57 Å². The molecule has 4 rings (SSSR count). The van der Waals surface area contributed by atoms with Crippen LogP contribution in [0.3, 0.4) is 0 Å². The number of allylic oxidation sites excluding steroid dienone is 1. The SMILES string of the molecule is O=C(C=C(C1CC1)C1CC1)NCc1nnc2ccc(C(F)(F)F)cn12. The lowest BCUT2D eigenvalue weighted by Crippen LogP contribution is -2.22. The van der Waals surface area contributed by atoms with Gasteiger partial charge in [-0.15, -0.1) is 10.2 Å². The van der Waals surface area contributed by atoms with E-state index in [0.29, 0.717) is 17.5 Å². The molecule has 0 saturated heterocycles. The number of alkyl halides is 3. The standard InChI is InChI=1S/C17H17F3N4O/c18-17(19,20)12-5-6-14-22-23-15(24(14)9-12)8-21-16(25)7-13(10-1-2-10)11-3-4-11/h5-7,9-11H,1-4,8H2,(H,21,25). The fourth-order valence-electron chi connectivity index (χ4n) is 3.00. The summed E-state index contributed by atoms with van der Waals surface area (Å²) in [6, 6.07) is 2.23. The number of pyridine rings is 1. The Morgan fingerprint density at radius 3 is 2.48 bits per heavy atom.